The minimum atomic E-state index is -1.49. The van der Waals surface area contributed by atoms with Crippen molar-refractivity contribution in [2.45, 2.75) is 32.4 Å². The number of nitrogens with one attached hydrogen (secondary N) is 1. The van der Waals surface area contributed by atoms with Crippen molar-refractivity contribution in [1.29, 1.82) is 0 Å². The number of alkyl carbamates (subject to hydrolysis) is 1. The Bertz CT molecular complexity index is 482. The molecule has 0 spiro atoms. The number of carboxylic acid groups (broad SMARTS) is 1. The van der Waals surface area contributed by atoms with Crippen molar-refractivity contribution in [3.63, 3.8) is 0 Å². The van der Waals surface area contributed by atoms with E-state index in [-0.39, 0.29) is 5.56 Å². The summed E-state index contributed by atoms with van der Waals surface area (Å²) in [6.45, 7) is 4.93. The van der Waals surface area contributed by atoms with Crippen molar-refractivity contribution in [1.82, 2.24) is 5.32 Å². The van der Waals surface area contributed by atoms with Gasteiger partial charge in [0.15, 0.2) is 6.04 Å². The molecule has 0 bridgehead atoms. The molecule has 0 aliphatic heterocycles. The van der Waals surface area contributed by atoms with Gasteiger partial charge in [0.05, 0.1) is 0 Å². The van der Waals surface area contributed by atoms with Gasteiger partial charge in [-0.15, -0.1) is 0 Å². The molecule has 104 valence electrons. The van der Waals surface area contributed by atoms with Gasteiger partial charge in [0.2, 0.25) is 0 Å². The van der Waals surface area contributed by atoms with E-state index in [1.54, 1.807) is 20.8 Å². The number of halogens is 1. The second-order valence-electron chi connectivity index (χ2n) is 4.94. The minimum absolute atomic E-state index is 0.124. The topological polar surface area (TPSA) is 75.6 Å². The van der Waals surface area contributed by atoms with Gasteiger partial charge < -0.3 is 15.2 Å². The number of aliphatic carboxylic acids is 1. The van der Waals surface area contributed by atoms with Crippen molar-refractivity contribution in [3.05, 3.63) is 35.6 Å². The maximum absolute atomic E-state index is 13.5. The summed E-state index contributed by atoms with van der Waals surface area (Å²) in [6.07, 6.45) is -0.914. The van der Waals surface area contributed by atoms with E-state index in [1.807, 2.05) is 0 Å². The fourth-order valence-electron chi connectivity index (χ4n) is 1.41. The average Bonchev–Trinajstić information content (AvgIpc) is 2.24. The van der Waals surface area contributed by atoms with Gasteiger partial charge in [0, 0.05) is 5.56 Å². The zero-order chi connectivity index (χ0) is 14.6. The highest BCUT2D eigenvalue weighted by Gasteiger charge is 2.27. The van der Waals surface area contributed by atoms with Gasteiger partial charge in [0.1, 0.15) is 11.4 Å². The lowest BCUT2D eigenvalue weighted by Crippen LogP contribution is -2.38. The molecule has 0 saturated heterocycles. The van der Waals surface area contributed by atoms with E-state index in [0.29, 0.717) is 0 Å². The van der Waals surface area contributed by atoms with Crippen molar-refractivity contribution in [2.75, 3.05) is 0 Å². The third-order valence-corrected chi connectivity index (χ3v) is 2.12. The lowest BCUT2D eigenvalue weighted by Gasteiger charge is -2.22. The van der Waals surface area contributed by atoms with Crippen LogP contribution in [0.25, 0.3) is 0 Å². The van der Waals surface area contributed by atoms with E-state index in [9.17, 15) is 14.0 Å². The molecule has 1 aromatic carbocycles. The van der Waals surface area contributed by atoms with Gasteiger partial charge in [-0.25, -0.2) is 14.0 Å². The summed E-state index contributed by atoms with van der Waals surface area (Å²) >= 11 is 0. The zero-order valence-electron chi connectivity index (χ0n) is 10.9. The van der Waals surface area contributed by atoms with Crippen LogP contribution in [0.3, 0.4) is 0 Å². The Balaban J connectivity index is 2.89. The first kappa shape index (κ1) is 14.9. The number of rotatable bonds is 3. The second kappa shape index (κ2) is 5.69. The summed E-state index contributed by atoms with van der Waals surface area (Å²) in [4.78, 5) is 22.7. The van der Waals surface area contributed by atoms with Gasteiger partial charge in [-0.05, 0) is 26.8 Å². The molecule has 0 aliphatic rings. The van der Waals surface area contributed by atoms with Crippen LogP contribution in [0.4, 0.5) is 9.18 Å². The van der Waals surface area contributed by atoms with Crippen LogP contribution in [0.15, 0.2) is 24.3 Å². The van der Waals surface area contributed by atoms with Gasteiger partial charge in [-0.2, -0.15) is 0 Å². The number of ether oxygens (including phenoxy) is 1. The summed E-state index contributed by atoms with van der Waals surface area (Å²) in [7, 11) is 0. The fraction of sp³-hybridized carbons (Fsp3) is 0.385. The Kier molecular flexibility index (Phi) is 4.47. The number of carbonyl (C=O) groups is 2. The van der Waals surface area contributed by atoms with Gasteiger partial charge in [-0.1, -0.05) is 18.2 Å². The summed E-state index contributed by atoms with van der Waals surface area (Å²) in [5, 5.41) is 11.2. The smallest absolute Gasteiger partial charge is 0.408 e. The Hall–Kier alpha value is -2.11. The van der Waals surface area contributed by atoms with Crippen LogP contribution in [-0.2, 0) is 9.53 Å². The van der Waals surface area contributed by atoms with Gasteiger partial charge in [-0.3, -0.25) is 0 Å². The summed E-state index contributed by atoms with van der Waals surface area (Å²) < 4.78 is 18.5. The van der Waals surface area contributed by atoms with E-state index in [0.717, 1.165) is 6.07 Å². The fourth-order valence-corrected chi connectivity index (χ4v) is 1.41. The quantitative estimate of drug-likeness (QED) is 0.883. The van der Waals surface area contributed by atoms with Crippen LogP contribution in [0, 0.1) is 5.82 Å². The number of carboxylic acids is 1. The average molecular weight is 269 g/mol. The van der Waals surface area contributed by atoms with Crippen LogP contribution in [0.1, 0.15) is 32.4 Å². The highest BCUT2D eigenvalue weighted by molar-refractivity contribution is 5.81. The molecule has 0 radical (unpaired) electrons. The predicted molar refractivity (Wildman–Crippen MR) is 66.1 cm³/mol. The minimum Gasteiger partial charge on any atom is -0.479 e. The first-order chi connectivity index (χ1) is 8.70. The Morgan fingerprint density at radius 2 is 1.89 bits per heavy atom. The highest BCUT2D eigenvalue weighted by atomic mass is 19.1. The third-order valence-electron chi connectivity index (χ3n) is 2.12. The van der Waals surface area contributed by atoms with Gasteiger partial charge >= 0.3 is 12.1 Å². The number of hydrogen-bond donors (Lipinski definition) is 2. The van der Waals surface area contributed by atoms with Crippen LogP contribution in [-0.4, -0.2) is 22.8 Å². The monoisotopic (exact) mass is 269 g/mol. The molecule has 0 unspecified atom stereocenters. The van der Waals surface area contributed by atoms with Gasteiger partial charge in [0.25, 0.3) is 0 Å². The molecule has 2 N–H and O–H groups in total. The first-order valence-electron chi connectivity index (χ1n) is 5.67. The first-order valence-corrected chi connectivity index (χ1v) is 5.67. The van der Waals surface area contributed by atoms with E-state index in [4.69, 9.17) is 9.84 Å². The molecule has 1 atom stereocenters. The maximum Gasteiger partial charge on any atom is 0.408 e. The van der Waals surface area contributed by atoms with E-state index in [1.165, 1.54) is 18.2 Å². The van der Waals surface area contributed by atoms with Crippen LogP contribution < -0.4 is 5.32 Å². The number of amides is 1. The van der Waals surface area contributed by atoms with Crippen LogP contribution >= 0.6 is 0 Å². The zero-order valence-corrected chi connectivity index (χ0v) is 10.9. The van der Waals surface area contributed by atoms with Crippen LogP contribution in [0.5, 0.6) is 0 Å². The molecule has 19 heavy (non-hydrogen) atoms. The summed E-state index contributed by atoms with van der Waals surface area (Å²) in [5.74, 6) is -2.07. The van der Waals surface area contributed by atoms with E-state index >= 15 is 0 Å². The molecule has 1 rings (SSSR count). The Morgan fingerprint density at radius 3 is 2.37 bits per heavy atom. The SMILES string of the molecule is CC(C)(C)OC(=O)N[C@H](C(=O)O)c1ccccc1F. The molecule has 1 amide bonds. The molecule has 0 heterocycles. The Morgan fingerprint density at radius 1 is 1.32 bits per heavy atom. The number of benzene rings is 1. The van der Waals surface area contributed by atoms with Crippen LogP contribution in [0.2, 0.25) is 0 Å². The molecule has 0 aliphatic carbocycles. The standard InChI is InChI=1S/C13H16FNO4/c1-13(2,3)19-12(18)15-10(11(16)17)8-6-4-5-7-9(8)14/h4-7,10H,1-3H3,(H,15,18)(H,16,17)/t10-/m0/s1. The van der Waals surface area contributed by atoms with Crippen molar-refractivity contribution in [2.24, 2.45) is 0 Å². The second-order valence-corrected chi connectivity index (χ2v) is 4.94. The lowest BCUT2D eigenvalue weighted by atomic mass is 10.1. The lowest BCUT2D eigenvalue weighted by molar-refractivity contribution is -0.139. The molecule has 6 heteroatoms. The largest absolute Gasteiger partial charge is 0.479 e. The summed E-state index contributed by atoms with van der Waals surface area (Å²) in [5.41, 5.74) is -0.886. The molecule has 1 aromatic rings. The number of carbonyl (C=O) groups excluding carboxylic acids is 1. The van der Waals surface area contributed by atoms with Crippen molar-refractivity contribution < 1.29 is 23.8 Å². The van der Waals surface area contributed by atoms with E-state index < -0.39 is 29.5 Å². The molecular formula is C13H16FNO4. The Labute approximate surface area is 110 Å². The molecule has 0 aromatic heterocycles. The van der Waals surface area contributed by atoms with E-state index in [2.05, 4.69) is 5.32 Å². The van der Waals surface area contributed by atoms with Crippen molar-refractivity contribution in [3.8, 4) is 0 Å². The number of hydrogen-bond acceptors (Lipinski definition) is 3. The summed E-state index contributed by atoms with van der Waals surface area (Å²) in [6, 6.07) is 3.86. The maximum atomic E-state index is 13.5. The molecular weight excluding hydrogens is 253 g/mol. The molecule has 0 fully saturated rings. The third kappa shape index (κ3) is 4.57. The molecule has 5 nitrogen and oxygen atoms in total. The van der Waals surface area contributed by atoms with Crippen molar-refractivity contribution >= 4 is 12.1 Å². The normalized spacial score (nSPS) is 12.6. The molecule has 0 saturated carbocycles. The predicted octanol–water partition coefficient (Wildman–Crippen LogP) is 2.48. The highest BCUT2D eigenvalue weighted by Crippen LogP contribution is 2.18.